The van der Waals surface area contributed by atoms with Crippen LogP contribution in [-0.4, -0.2) is 95.7 Å². The summed E-state index contributed by atoms with van der Waals surface area (Å²) in [6.07, 6.45) is 2.50. The van der Waals surface area contributed by atoms with Gasteiger partial charge in [0, 0.05) is 37.1 Å². The quantitative estimate of drug-likeness (QED) is 0.150. The number of anilines is 1. The van der Waals surface area contributed by atoms with Crippen LogP contribution in [0.25, 0.3) is 0 Å². The molecule has 3 aliphatic heterocycles. The van der Waals surface area contributed by atoms with Gasteiger partial charge in [0.2, 0.25) is 11.8 Å². The molecule has 3 heterocycles. The topological polar surface area (TPSA) is 135 Å². The van der Waals surface area contributed by atoms with E-state index in [9.17, 15) is 24.3 Å². The molecule has 2 aromatic carbocycles. The second kappa shape index (κ2) is 16.0. The number of fused-ring (bicyclic) bond motifs is 1. The first-order chi connectivity index (χ1) is 24.0. The van der Waals surface area contributed by atoms with Gasteiger partial charge in [-0.25, -0.2) is 0 Å². The van der Waals surface area contributed by atoms with Crippen molar-refractivity contribution < 1.29 is 38.5 Å². The normalized spacial score (nSPS) is 26.2. The van der Waals surface area contributed by atoms with Crippen molar-refractivity contribution in [1.29, 1.82) is 0 Å². The number of carbonyl (C=O) groups is 4. The van der Waals surface area contributed by atoms with Gasteiger partial charge in [0.05, 0.1) is 37.2 Å². The summed E-state index contributed by atoms with van der Waals surface area (Å²) >= 11 is 3.71. The zero-order valence-corrected chi connectivity index (χ0v) is 30.3. The van der Waals surface area contributed by atoms with E-state index in [1.807, 2.05) is 38.1 Å². The average molecular weight is 753 g/mol. The average Bonchev–Trinajstić information content (AvgIpc) is 3.69. The van der Waals surface area contributed by atoms with E-state index in [0.717, 1.165) is 11.1 Å². The Labute approximate surface area is 301 Å². The van der Waals surface area contributed by atoms with Gasteiger partial charge in [-0.1, -0.05) is 70.5 Å². The molecule has 3 fully saturated rings. The maximum absolute atomic E-state index is 14.8. The summed E-state index contributed by atoms with van der Waals surface area (Å²) in [6.45, 7) is 11.1. The van der Waals surface area contributed by atoms with Gasteiger partial charge < -0.3 is 34.4 Å². The van der Waals surface area contributed by atoms with Crippen molar-refractivity contribution in [2.75, 3.05) is 38.3 Å². The van der Waals surface area contributed by atoms with Crippen molar-refractivity contribution in [2.24, 2.45) is 11.8 Å². The standard InChI is InChI=1S/C38H46BrN3O8/c1-6-8-14-29(44)40-27(22-48-5)32(25-12-10-9-11-13-25)49-37(47)30-31-35(45)42(18-19-43)34(38(31)21-26(39)33(30)50-38)36(46)41(17-7-2)28-20-23(3)15-16-24(28)4/h6-7,9-13,15-16,20,26-27,30-34,43H,1-2,8,14,17-19,21-22H2,3-5H3,(H,40,44)/t26?,27-,30+,31-,32-,33+,34+,38-/m0/s1. The Balaban J connectivity index is 1.52. The molecule has 3 amide bonds. The zero-order chi connectivity index (χ0) is 36.2. The third-order valence-electron chi connectivity index (χ3n) is 9.87. The minimum atomic E-state index is -1.36. The smallest absolute Gasteiger partial charge is 0.313 e. The molecule has 2 N–H and O–H groups in total. The van der Waals surface area contributed by atoms with Gasteiger partial charge in [-0.15, -0.1) is 13.2 Å². The van der Waals surface area contributed by atoms with Crippen LogP contribution in [-0.2, 0) is 33.4 Å². The number of aliphatic hydroxyl groups is 1. The first-order valence-corrected chi connectivity index (χ1v) is 17.8. The third kappa shape index (κ3) is 7.03. The van der Waals surface area contributed by atoms with E-state index in [-0.39, 0.29) is 49.4 Å². The molecular formula is C38H46BrN3O8. The Bertz CT molecular complexity index is 1600. The molecule has 0 aliphatic carbocycles. The number of rotatable bonds is 16. The molecule has 5 rings (SSSR count). The number of benzene rings is 2. The van der Waals surface area contributed by atoms with E-state index >= 15 is 0 Å². The number of alkyl halides is 1. The van der Waals surface area contributed by atoms with Crippen LogP contribution in [0.3, 0.4) is 0 Å². The molecule has 268 valence electrons. The number of halogens is 1. The molecule has 8 atom stereocenters. The van der Waals surface area contributed by atoms with Crippen LogP contribution in [0.1, 0.15) is 42.1 Å². The number of methoxy groups -OCH3 is 1. The zero-order valence-electron chi connectivity index (χ0n) is 28.8. The second-order valence-corrected chi connectivity index (χ2v) is 14.3. The number of carbonyl (C=O) groups excluding carboxylic acids is 4. The molecule has 2 aromatic rings. The number of hydrogen-bond acceptors (Lipinski definition) is 8. The summed E-state index contributed by atoms with van der Waals surface area (Å²) in [5, 5.41) is 13.0. The summed E-state index contributed by atoms with van der Waals surface area (Å²) in [5.74, 6) is -3.90. The van der Waals surface area contributed by atoms with E-state index in [0.29, 0.717) is 24.1 Å². The molecule has 3 aliphatic rings. The lowest BCUT2D eigenvalue weighted by molar-refractivity contribution is -0.163. The van der Waals surface area contributed by atoms with Crippen LogP contribution in [0.5, 0.6) is 0 Å². The van der Waals surface area contributed by atoms with Gasteiger partial charge in [0.15, 0.2) is 0 Å². The molecule has 0 radical (unpaired) electrons. The number of aryl methyl sites for hydroxylation is 2. The van der Waals surface area contributed by atoms with E-state index in [2.05, 4.69) is 34.4 Å². The highest BCUT2D eigenvalue weighted by Gasteiger charge is 2.77. The van der Waals surface area contributed by atoms with Gasteiger partial charge in [-0.05, 0) is 49.4 Å². The second-order valence-electron chi connectivity index (χ2n) is 13.2. The SMILES string of the molecule is C=CCCC(=O)N[C@@H](COC)[C@@H](OC(=O)[C@H]1[C@@H]2O[C@@]3(CC2Br)[C@@H]1C(=O)N(CCO)[C@@H]3C(=O)N(CC=C)c1cc(C)ccc1C)c1ccccc1. The maximum Gasteiger partial charge on any atom is 0.313 e. The Kier molecular flexibility index (Phi) is 12.0. The van der Waals surface area contributed by atoms with E-state index in [1.165, 1.54) is 12.0 Å². The lowest BCUT2D eigenvalue weighted by atomic mass is 9.70. The molecule has 3 saturated heterocycles. The highest BCUT2D eigenvalue weighted by atomic mass is 79.9. The fraction of sp³-hybridized carbons (Fsp3) is 0.474. The van der Waals surface area contributed by atoms with Crippen LogP contribution in [0.2, 0.25) is 0 Å². The number of amides is 3. The van der Waals surface area contributed by atoms with Crippen molar-refractivity contribution in [3.05, 3.63) is 90.5 Å². The molecule has 12 heteroatoms. The molecule has 50 heavy (non-hydrogen) atoms. The third-order valence-corrected chi connectivity index (χ3v) is 10.7. The first-order valence-electron chi connectivity index (χ1n) is 16.9. The van der Waals surface area contributed by atoms with Crippen molar-refractivity contribution in [2.45, 2.75) is 67.8 Å². The van der Waals surface area contributed by atoms with Crippen molar-refractivity contribution >= 4 is 45.3 Å². The Morgan fingerprint density at radius 1 is 1.18 bits per heavy atom. The van der Waals surface area contributed by atoms with Gasteiger partial charge in [0.1, 0.15) is 17.7 Å². The molecular weight excluding hydrogens is 706 g/mol. The number of aliphatic hydroxyl groups excluding tert-OH is 1. The maximum atomic E-state index is 14.8. The van der Waals surface area contributed by atoms with E-state index in [4.69, 9.17) is 14.2 Å². The van der Waals surface area contributed by atoms with Crippen LogP contribution in [0.15, 0.2) is 73.8 Å². The monoisotopic (exact) mass is 751 g/mol. The lowest BCUT2D eigenvalue weighted by Gasteiger charge is -2.37. The highest BCUT2D eigenvalue weighted by Crippen LogP contribution is 2.60. The number of likely N-dealkylation sites (tertiary alicyclic amines) is 1. The van der Waals surface area contributed by atoms with E-state index in [1.54, 1.807) is 41.3 Å². The Morgan fingerprint density at radius 3 is 2.58 bits per heavy atom. The van der Waals surface area contributed by atoms with Crippen molar-refractivity contribution in [3.8, 4) is 0 Å². The number of nitrogens with zero attached hydrogens (tertiary/aromatic N) is 2. The Hall–Kier alpha value is -3.84. The summed E-state index contributed by atoms with van der Waals surface area (Å²) < 4.78 is 18.4. The largest absolute Gasteiger partial charge is 0.455 e. The summed E-state index contributed by atoms with van der Waals surface area (Å²) in [4.78, 5) is 59.1. The molecule has 11 nitrogen and oxygen atoms in total. The predicted octanol–water partition coefficient (Wildman–Crippen LogP) is 3.94. The molecule has 2 bridgehead atoms. The predicted molar refractivity (Wildman–Crippen MR) is 191 cm³/mol. The minimum absolute atomic E-state index is 0.0446. The summed E-state index contributed by atoms with van der Waals surface area (Å²) in [7, 11) is 1.49. The van der Waals surface area contributed by atoms with Crippen LogP contribution >= 0.6 is 15.9 Å². The van der Waals surface area contributed by atoms with Gasteiger partial charge in [-0.3, -0.25) is 19.2 Å². The first kappa shape index (κ1) is 37.4. The molecule has 1 spiro atoms. The molecule has 1 unspecified atom stereocenters. The van der Waals surface area contributed by atoms with Gasteiger partial charge in [0.25, 0.3) is 5.91 Å². The molecule has 0 saturated carbocycles. The number of allylic oxidation sites excluding steroid dienone is 1. The fourth-order valence-corrected chi connectivity index (χ4v) is 8.69. The highest BCUT2D eigenvalue weighted by molar-refractivity contribution is 9.09. The summed E-state index contributed by atoms with van der Waals surface area (Å²) in [6, 6.07) is 13.0. The minimum Gasteiger partial charge on any atom is -0.455 e. The van der Waals surface area contributed by atoms with Crippen LogP contribution < -0.4 is 10.2 Å². The number of hydrogen-bond donors (Lipinski definition) is 2. The fourth-order valence-electron chi connectivity index (χ4n) is 7.75. The molecule has 0 aromatic heterocycles. The number of nitrogens with one attached hydrogen (secondary N) is 1. The van der Waals surface area contributed by atoms with E-state index < -0.39 is 53.6 Å². The van der Waals surface area contributed by atoms with Gasteiger partial charge >= 0.3 is 5.97 Å². The van der Waals surface area contributed by atoms with Crippen LogP contribution in [0.4, 0.5) is 5.69 Å². The number of ether oxygens (including phenoxy) is 3. The van der Waals surface area contributed by atoms with Crippen molar-refractivity contribution in [1.82, 2.24) is 10.2 Å². The van der Waals surface area contributed by atoms with Gasteiger partial charge in [-0.2, -0.15) is 0 Å². The van der Waals surface area contributed by atoms with Crippen molar-refractivity contribution in [3.63, 3.8) is 0 Å². The number of esters is 1. The van der Waals surface area contributed by atoms with Crippen LogP contribution in [0, 0.1) is 25.7 Å². The number of β-amino-alcohol motifs (C(OH)–C–C–N with tert-alkyl or cyclic N) is 1. The summed E-state index contributed by atoms with van der Waals surface area (Å²) in [5.41, 5.74) is 1.76. The Morgan fingerprint density at radius 2 is 1.92 bits per heavy atom. The lowest BCUT2D eigenvalue weighted by Crippen LogP contribution is -2.57.